The van der Waals surface area contributed by atoms with Crippen molar-refractivity contribution in [1.82, 2.24) is 9.88 Å². The summed E-state index contributed by atoms with van der Waals surface area (Å²) >= 11 is 0. The molecule has 114 valence electrons. The van der Waals surface area contributed by atoms with Gasteiger partial charge in [-0.2, -0.15) is 0 Å². The van der Waals surface area contributed by atoms with Crippen LogP contribution in [0.1, 0.15) is 26.5 Å². The SMILES string of the molecule is COCC1(NC(=O)C(=O)c2cc(C=O)n(C)c2C)COC1. The number of Topliss-reactive ketones (excluding diaryl/α,β-unsaturated/α-hetero) is 1. The second-order valence-electron chi connectivity index (χ2n) is 5.23. The molecule has 1 aliphatic rings. The smallest absolute Gasteiger partial charge is 0.293 e. The van der Waals surface area contributed by atoms with Crippen LogP contribution in [0.25, 0.3) is 0 Å². The van der Waals surface area contributed by atoms with Crippen LogP contribution < -0.4 is 5.32 Å². The lowest BCUT2D eigenvalue weighted by Crippen LogP contribution is -2.65. The van der Waals surface area contributed by atoms with Gasteiger partial charge in [-0.3, -0.25) is 14.4 Å². The zero-order valence-electron chi connectivity index (χ0n) is 12.3. The maximum absolute atomic E-state index is 12.2. The number of amides is 1. The van der Waals surface area contributed by atoms with Crippen LogP contribution in [0, 0.1) is 6.92 Å². The lowest BCUT2D eigenvalue weighted by Gasteiger charge is -2.41. The average Bonchev–Trinajstić information content (AvgIpc) is 2.71. The van der Waals surface area contributed by atoms with Crippen molar-refractivity contribution in [2.24, 2.45) is 7.05 Å². The van der Waals surface area contributed by atoms with E-state index in [1.807, 2.05) is 0 Å². The molecular weight excluding hydrogens is 276 g/mol. The Kier molecular flexibility index (Phi) is 4.24. The zero-order chi connectivity index (χ0) is 15.6. The predicted octanol–water partition coefficient (Wildman–Crippen LogP) is -0.140. The summed E-state index contributed by atoms with van der Waals surface area (Å²) in [5.41, 5.74) is 0.507. The monoisotopic (exact) mass is 294 g/mol. The van der Waals surface area contributed by atoms with Gasteiger partial charge in [-0.1, -0.05) is 0 Å². The van der Waals surface area contributed by atoms with E-state index in [0.717, 1.165) is 0 Å². The normalized spacial score (nSPS) is 16.1. The zero-order valence-corrected chi connectivity index (χ0v) is 12.3. The Morgan fingerprint density at radius 3 is 2.62 bits per heavy atom. The van der Waals surface area contributed by atoms with Crippen molar-refractivity contribution in [3.63, 3.8) is 0 Å². The topological polar surface area (TPSA) is 86.6 Å². The molecule has 0 aromatic carbocycles. The standard InChI is InChI=1S/C14H18N2O5/c1-9-11(4-10(5-17)16(9)2)12(18)13(19)15-14(6-20-3)7-21-8-14/h4-5H,6-8H2,1-3H3,(H,15,19). The van der Waals surface area contributed by atoms with E-state index in [1.165, 1.54) is 13.2 Å². The van der Waals surface area contributed by atoms with Gasteiger partial charge in [-0.25, -0.2) is 0 Å². The first-order valence-corrected chi connectivity index (χ1v) is 6.49. The van der Waals surface area contributed by atoms with E-state index in [0.29, 0.717) is 30.9 Å². The molecule has 1 aromatic rings. The van der Waals surface area contributed by atoms with Crippen LogP contribution in [0.5, 0.6) is 0 Å². The Labute approximate surface area is 122 Å². The number of ether oxygens (including phenoxy) is 2. The van der Waals surface area contributed by atoms with Gasteiger partial charge in [-0.05, 0) is 13.0 Å². The minimum atomic E-state index is -0.721. The molecule has 0 spiro atoms. The van der Waals surface area contributed by atoms with Crippen LogP contribution in [0.4, 0.5) is 0 Å². The number of aromatic nitrogens is 1. The van der Waals surface area contributed by atoms with E-state index >= 15 is 0 Å². The van der Waals surface area contributed by atoms with E-state index in [2.05, 4.69) is 5.32 Å². The number of hydrogen-bond donors (Lipinski definition) is 1. The van der Waals surface area contributed by atoms with Gasteiger partial charge in [0.25, 0.3) is 11.7 Å². The number of nitrogens with one attached hydrogen (secondary N) is 1. The third-order valence-corrected chi connectivity index (χ3v) is 3.70. The van der Waals surface area contributed by atoms with E-state index in [1.54, 1.807) is 18.5 Å². The van der Waals surface area contributed by atoms with Crippen LogP contribution in [0.15, 0.2) is 6.07 Å². The number of ketones is 1. The summed E-state index contributed by atoms with van der Waals surface area (Å²) in [4.78, 5) is 35.3. The quantitative estimate of drug-likeness (QED) is 0.448. The van der Waals surface area contributed by atoms with Crippen molar-refractivity contribution >= 4 is 18.0 Å². The van der Waals surface area contributed by atoms with Crippen molar-refractivity contribution in [3.05, 3.63) is 23.0 Å². The second-order valence-corrected chi connectivity index (χ2v) is 5.23. The lowest BCUT2D eigenvalue weighted by molar-refractivity contribution is -0.135. The highest BCUT2D eigenvalue weighted by Crippen LogP contribution is 2.19. The molecule has 1 fully saturated rings. The Hall–Kier alpha value is -1.99. The third kappa shape index (κ3) is 2.74. The first kappa shape index (κ1) is 15.4. The summed E-state index contributed by atoms with van der Waals surface area (Å²) in [6, 6.07) is 1.42. The highest BCUT2D eigenvalue weighted by molar-refractivity contribution is 6.43. The fourth-order valence-electron chi connectivity index (χ4n) is 2.30. The van der Waals surface area contributed by atoms with Crippen molar-refractivity contribution in [2.75, 3.05) is 26.9 Å². The first-order valence-electron chi connectivity index (χ1n) is 6.49. The summed E-state index contributed by atoms with van der Waals surface area (Å²) in [5.74, 6) is -1.39. The Bertz CT molecular complexity index is 586. The van der Waals surface area contributed by atoms with Gasteiger partial charge < -0.3 is 19.4 Å². The van der Waals surface area contributed by atoms with Crippen LogP contribution in [-0.4, -0.2) is 55.0 Å². The molecular formula is C14H18N2O5. The average molecular weight is 294 g/mol. The number of nitrogens with zero attached hydrogens (tertiary/aromatic N) is 1. The van der Waals surface area contributed by atoms with Crippen LogP contribution in [0.2, 0.25) is 0 Å². The molecule has 0 aliphatic carbocycles. The molecule has 2 rings (SSSR count). The van der Waals surface area contributed by atoms with Crippen LogP contribution in [0.3, 0.4) is 0 Å². The summed E-state index contributed by atoms with van der Waals surface area (Å²) in [7, 11) is 3.19. The fourth-order valence-corrected chi connectivity index (χ4v) is 2.30. The molecule has 1 aromatic heterocycles. The second kappa shape index (κ2) is 5.79. The summed E-state index contributed by atoms with van der Waals surface area (Å²) in [6.07, 6.45) is 0.647. The Balaban J connectivity index is 2.16. The predicted molar refractivity (Wildman–Crippen MR) is 73.4 cm³/mol. The molecule has 0 saturated carbocycles. The van der Waals surface area contributed by atoms with E-state index in [9.17, 15) is 14.4 Å². The number of hydrogen-bond acceptors (Lipinski definition) is 5. The molecule has 1 saturated heterocycles. The molecule has 2 heterocycles. The first-order chi connectivity index (χ1) is 9.94. The van der Waals surface area contributed by atoms with Gasteiger partial charge in [0.15, 0.2) is 6.29 Å². The number of methoxy groups -OCH3 is 1. The minimum Gasteiger partial charge on any atom is -0.382 e. The van der Waals surface area contributed by atoms with Gasteiger partial charge in [0.2, 0.25) is 0 Å². The number of rotatable bonds is 6. The van der Waals surface area contributed by atoms with Gasteiger partial charge in [0, 0.05) is 25.4 Å². The van der Waals surface area contributed by atoms with Crippen LogP contribution in [-0.2, 0) is 21.3 Å². The summed E-state index contributed by atoms with van der Waals surface area (Å²) < 4.78 is 11.7. The van der Waals surface area contributed by atoms with Gasteiger partial charge in [-0.15, -0.1) is 0 Å². The highest BCUT2D eigenvalue weighted by Gasteiger charge is 2.41. The van der Waals surface area contributed by atoms with E-state index < -0.39 is 17.2 Å². The summed E-state index contributed by atoms with van der Waals surface area (Å²) in [5, 5.41) is 2.67. The fraction of sp³-hybridized carbons (Fsp3) is 0.500. The molecule has 7 heteroatoms. The molecule has 7 nitrogen and oxygen atoms in total. The van der Waals surface area contributed by atoms with Crippen LogP contribution >= 0.6 is 0 Å². The number of aldehydes is 1. The number of carbonyl (C=O) groups is 3. The molecule has 0 unspecified atom stereocenters. The molecule has 1 aliphatic heterocycles. The Morgan fingerprint density at radius 1 is 1.52 bits per heavy atom. The number of carbonyl (C=O) groups excluding carboxylic acids is 3. The molecule has 1 amide bonds. The molecule has 0 radical (unpaired) electrons. The Morgan fingerprint density at radius 2 is 2.19 bits per heavy atom. The van der Waals surface area contributed by atoms with Crippen molar-refractivity contribution in [3.8, 4) is 0 Å². The molecule has 21 heavy (non-hydrogen) atoms. The minimum absolute atomic E-state index is 0.227. The van der Waals surface area contributed by atoms with Crippen molar-refractivity contribution < 1.29 is 23.9 Å². The largest absolute Gasteiger partial charge is 0.382 e. The molecule has 1 N–H and O–H groups in total. The third-order valence-electron chi connectivity index (χ3n) is 3.70. The molecule has 0 atom stereocenters. The van der Waals surface area contributed by atoms with E-state index in [4.69, 9.17) is 9.47 Å². The summed E-state index contributed by atoms with van der Waals surface area (Å²) in [6.45, 7) is 2.59. The van der Waals surface area contributed by atoms with Gasteiger partial charge in [0.05, 0.1) is 25.5 Å². The van der Waals surface area contributed by atoms with Gasteiger partial charge >= 0.3 is 0 Å². The maximum Gasteiger partial charge on any atom is 0.293 e. The van der Waals surface area contributed by atoms with Crippen molar-refractivity contribution in [2.45, 2.75) is 12.5 Å². The van der Waals surface area contributed by atoms with Gasteiger partial charge in [0.1, 0.15) is 5.54 Å². The highest BCUT2D eigenvalue weighted by atomic mass is 16.5. The van der Waals surface area contributed by atoms with Crippen molar-refractivity contribution in [1.29, 1.82) is 0 Å². The van der Waals surface area contributed by atoms with E-state index in [-0.39, 0.29) is 12.2 Å². The molecule has 0 bridgehead atoms. The lowest BCUT2D eigenvalue weighted by atomic mass is 9.98. The maximum atomic E-state index is 12.2.